The molecule has 12 N–H and O–H groups in total. The van der Waals surface area contributed by atoms with E-state index >= 15 is 0 Å². The predicted molar refractivity (Wildman–Crippen MR) is 258 cm³/mol. The van der Waals surface area contributed by atoms with Gasteiger partial charge in [0, 0.05) is 163 Å². The van der Waals surface area contributed by atoms with E-state index in [1.54, 1.807) is 24.3 Å². The summed E-state index contributed by atoms with van der Waals surface area (Å²) in [6, 6.07) is 14.2. The minimum absolute atomic E-state index is 0.0144. The number of amides is 8. The molecule has 7 rings (SSSR count). The van der Waals surface area contributed by atoms with Crippen molar-refractivity contribution in [3.63, 3.8) is 0 Å². The third-order valence-electron chi connectivity index (χ3n) is 12.6. The average Bonchev–Trinajstić information content (AvgIpc) is 3.34. The van der Waals surface area contributed by atoms with E-state index in [9.17, 15) is 38.4 Å². The highest BCUT2D eigenvalue weighted by Crippen LogP contribution is 2.46. The fraction of sp³-hybridized carbons (Fsp3) is 0.417. The van der Waals surface area contributed by atoms with Crippen molar-refractivity contribution in [1.82, 2.24) is 40.9 Å². The number of carbonyl (C=O) groups is 8. The van der Waals surface area contributed by atoms with Crippen molar-refractivity contribution in [2.24, 2.45) is 22.9 Å². The first-order valence-corrected chi connectivity index (χ1v) is 23.2. The zero-order valence-electron chi connectivity index (χ0n) is 38.1. The Morgan fingerprint density at radius 3 is 0.868 bits per heavy atom. The fourth-order valence-corrected chi connectivity index (χ4v) is 9.17. The summed E-state index contributed by atoms with van der Waals surface area (Å²) >= 11 is 0. The lowest BCUT2D eigenvalue weighted by Crippen LogP contribution is -2.46. The number of rotatable bonds is 26. The molecule has 0 aliphatic carbocycles. The van der Waals surface area contributed by atoms with Gasteiger partial charge in [-0.3, -0.25) is 48.2 Å². The molecular formula is C48H60N12O8. The van der Waals surface area contributed by atoms with Gasteiger partial charge in [-0.05, 0) is 56.6 Å². The van der Waals surface area contributed by atoms with Crippen molar-refractivity contribution >= 4 is 90.3 Å². The Bertz CT molecular complexity index is 2410. The zero-order chi connectivity index (χ0) is 48.5. The maximum Gasteiger partial charge on any atom is 0.261 e. The van der Waals surface area contributed by atoms with E-state index in [0.29, 0.717) is 96.2 Å². The highest BCUT2D eigenvalue weighted by Gasteiger charge is 2.37. The Balaban J connectivity index is 1.14. The number of nitrogens with one attached hydrogen (secondary N) is 4. The third-order valence-corrected chi connectivity index (χ3v) is 12.6. The Morgan fingerprint density at radius 2 is 0.632 bits per heavy atom. The molecule has 2 heterocycles. The van der Waals surface area contributed by atoms with Crippen LogP contribution in [0.1, 0.15) is 67.1 Å². The average molecular weight is 933 g/mol. The molecule has 0 saturated carbocycles. The molecule has 0 fully saturated rings. The number of carbonyl (C=O) groups excluding carboxylic acids is 8. The lowest BCUT2D eigenvalue weighted by molar-refractivity contribution is -0.123. The highest BCUT2D eigenvalue weighted by molar-refractivity contribution is 6.41. The Labute approximate surface area is 392 Å². The molecule has 68 heavy (non-hydrogen) atoms. The third kappa shape index (κ3) is 10.4. The molecule has 360 valence electrons. The molecule has 0 atom stereocenters. The van der Waals surface area contributed by atoms with Crippen molar-refractivity contribution in [2.45, 2.75) is 25.7 Å². The van der Waals surface area contributed by atoms with Crippen molar-refractivity contribution in [1.29, 1.82) is 0 Å². The molecule has 0 radical (unpaired) electrons. The second-order valence-electron chi connectivity index (χ2n) is 16.9. The van der Waals surface area contributed by atoms with Gasteiger partial charge >= 0.3 is 0 Å². The topological polar surface area (TPSA) is 302 Å². The highest BCUT2D eigenvalue weighted by atomic mass is 16.2. The molecule has 20 heteroatoms. The summed E-state index contributed by atoms with van der Waals surface area (Å²) in [6.45, 7) is 4.10. The maximum atomic E-state index is 14.3. The van der Waals surface area contributed by atoms with Crippen LogP contribution >= 0.6 is 0 Å². The number of imide groups is 2. The van der Waals surface area contributed by atoms with Gasteiger partial charge in [0.1, 0.15) is 0 Å². The van der Waals surface area contributed by atoms with Crippen LogP contribution in [0.15, 0.2) is 48.5 Å². The van der Waals surface area contributed by atoms with Crippen molar-refractivity contribution in [3.8, 4) is 0 Å². The van der Waals surface area contributed by atoms with E-state index in [0.717, 1.165) is 21.5 Å². The molecule has 5 aromatic carbocycles. The summed E-state index contributed by atoms with van der Waals surface area (Å²) in [5, 5.41) is 16.4. The van der Waals surface area contributed by atoms with Crippen LogP contribution in [-0.2, 0) is 19.2 Å². The van der Waals surface area contributed by atoms with Gasteiger partial charge in [-0.1, -0.05) is 24.3 Å². The van der Waals surface area contributed by atoms with Crippen LogP contribution in [0.5, 0.6) is 0 Å². The van der Waals surface area contributed by atoms with Crippen molar-refractivity contribution < 1.29 is 38.4 Å². The van der Waals surface area contributed by atoms with E-state index in [-0.39, 0.29) is 102 Å². The monoisotopic (exact) mass is 932 g/mol. The van der Waals surface area contributed by atoms with Gasteiger partial charge < -0.3 is 54.0 Å². The molecular weight excluding hydrogens is 873 g/mol. The van der Waals surface area contributed by atoms with Gasteiger partial charge in [-0.25, -0.2) is 0 Å². The van der Waals surface area contributed by atoms with Crippen molar-refractivity contribution in [2.75, 3.05) is 105 Å². The summed E-state index contributed by atoms with van der Waals surface area (Å²) in [5.41, 5.74) is 23.5. The second-order valence-corrected chi connectivity index (χ2v) is 16.9. The standard InChI is InChI=1S/C48H60N12O8/c49-13-17-53-37(61)9-21-57(22-10-38(62)54-18-14-50)25-27-59-45(65)33-5-1-29-30-2-6-35-44-36(8-4-32(42(30)44)31-3-7-34(46(59)66)43(33)41(29)31)48(68)60(47(35)67)28-26-58(23-11-39(63)55-19-15-51)24-12-40(64)56-20-16-52/h1-8H,9-28,49-52H2,(H,53,61)(H,54,62)(H,55,63)(H,56,64). The van der Waals surface area contributed by atoms with Gasteiger partial charge in [-0.2, -0.15) is 0 Å². The number of hydrogen-bond donors (Lipinski definition) is 8. The molecule has 0 spiro atoms. The van der Waals surface area contributed by atoms with Crippen molar-refractivity contribution in [3.05, 3.63) is 70.8 Å². The molecule has 5 aromatic rings. The minimum atomic E-state index is -0.469. The Kier molecular flexibility index (Phi) is 16.2. The molecule has 0 unspecified atom stereocenters. The van der Waals surface area contributed by atoms with Gasteiger partial charge in [0.2, 0.25) is 23.6 Å². The van der Waals surface area contributed by atoms with Gasteiger partial charge in [0.05, 0.1) is 0 Å². The first kappa shape index (κ1) is 49.2. The molecule has 0 saturated heterocycles. The lowest BCUT2D eigenvalue weighted by atomic mass is 9.82. The summed E-state index contributed by atoms with van der Waals surface area (Å²) in [7, 11) is 0. The second kappa shape index (κ2) is 22.4. The van der Waals surface area contributed by atoms with Crippen LogP contribution in [0, 0.1) is 0 Å². The van der Waals surface area contributed by atoms with Crippen LogP contribution in [0.4, 0.5) is 0 Å². The normalized spacial score (nSPS) is 13.6. The molecule has 2 aliphatic heterocycles. The quantitative estimate of drug-likeness (QED) is 0.0195. The first-order chi connectivity index (χ1) is 32.9. The molecule has 8 amide bonds. The summed E-state index contributed by atoms with van der Waals surface area (Å²) in [5.74, 6) is -2.69. The van der Waals surface area contributed by atoms with E-state index in [4.69, 9.17) is 22.9 Å². The summed E-state index contributed by atoms with van der Waals surface area (Å²) in [6.07, 6.45) is 0.533. The summed E-state index contributed by atoms with van der Waals surface area (Å²) < 4.78 is 0. The fourth-order valence-electron chi connectivity index (χ4n) is 9.17. The van der Waals surface area contributed by atoms with E-state index < -0.39 is 23.6 Å². The van der Waals surface area contributed by atoms with Crippen LogP contribution in [0.3, 0.4) is 0 Å². The summed E-state index contributed by atoms with van der Waals surface area (Å²) in [4.78, 5) is 113. The number of benzene rings is 5. The number of fused-ring (bicyclic) bond motifs is 2. The smallest absolute Gasteiger partial charge is 0.261 e. The van der Waals surface area contributed by atoms with Crippen LogP contribution in [0.2, 0.25) is 0 Å². The maximum absolute atomic E-state index is 14.3. The molecule has 2 aliphatic rings. The van der Waals surface area contributed by atoms with Crippen LogP contribution in [-0.4, -0.2) is 172 Å². The molecule has 0 aromatic heterocycles. The zero-order valence-corrected chi connectivity index (χ0v) is 38.1. The van der Waals surface area contributed by atoms with E-state index in [1.165, 1.54) is 9.80 Å². The SMILES string of the molecule is NCCNC(=O)CCN(CCC(=O)NCCN)CCN1C(=O)c2ccc3c4ccc5c6c(ccc(c7ccc(c2c37)C1=O)c64)C(=O)N(CCN(CCC(=O)NCCN)CCC(=O)NCCN)C5=O. The van der Waals surface area contributed by atoms with Crippen LogP contribution < -0.4 is 44.2 Å². The lowest BCUT2D eigenvalue weighted by Gasteiger charge is -2.32. The molecule has 20 nitrogen and oxygen atoms in total. The number of nitrogens with zero attached hydrogens (tertiary/aromatic N) is 4. The first-order valence-electron chi connectivity index (χ1n) is 23.2. The van der Waals surface area contributed by atoms with Gasteiger partial charge in [0.25, 0.3) is 23.6 Å². The largest absolute Gasteiger partial charge is 0.355 e. The van der Waals surface area contributed by atoms with Crippen LogP contribution in [0.25, 0.3) is 43.1 Å². The Morgan fingerprint density at radius 1 is 0.382 bits per heavy atom. The Hall–Kier alpha value is -6.68. The number of nitrogens with two attached hydrogens (primary N) is 4. The molecule has 0 bridgehead atoms. The van der Waals surface area contributed by atoms with Gasteiger partial charge in [0.15, 0.2) is 0 Å². The predicted octanol–water partition coefficient (Wildman–Crippen LogP) is -0.607. The van der Waals surface area contributed by atoms with E-state index in [1.807, 2.05) is 34.1 Å². The van der Waals surface area contributed by atoms with E-state index in [2.05, 4.69) is 21.3 Å². The minimum Gasteiger partial charge on any atom is -0.355 e. The van der Waals surface area contributed by atoms with Gasteiger partial charge in [-0.15, -0.1) is 0 Å². The number of hydrogen-bond acceptors (Lipinski definition) is 14.